The summed E-state index contributed by atoms with van der Waals surface area (Å²) in [5.74, 6) is -1.98. The molecule has 0 atom stereocenters. The van der Waals surface area contributed by atoms with E-state index in [-0.39, 0.29) is 0 Å². The molecule has 0 saturated heterocycles. The summed E-state index contributed by atoms with van der Waals surface area (Å²) in [6, 6.07) is 9.64. The highest BCUT2D eigenvalue weighted by Crippen LogP contribution is 2.32. The van der Waals surface area contributed by atoms with Crippen LogP contribution in [-0.2, 0) is 25.6 Å². The highest BCUT2D eigenvalue weighted by Gasteiger charge is 2.27. The van der Waals surface area contributed by atoms with Gasteiger partial charge in [0.25, 0.3) is 0 Å². The molecule has 0 spiro atoms. The van der Waals surface area contributed by atoms with Crippen LogP contribution in [0, 0.1) is 0 Å². The zero-order valence-electron chi connectivity index (χ0n) is 12.0. The van der Waals surface area contributed by atoms with Crippen molar-refractivity contribution in [3.8, 4) is 0 Å². The Balaban J connectivity index is 2.69. The molecule has 0 aromatic heterocycles. The quantitative estimate of drug-likeness (QED) is 0.799. The van der Waals surface area contributed by atoms with E-state index in [1.54, 1.807) is 30.3 Å². The van der Waals surface area contributed by atoms with Gasteiger partial charge in [-0.15, -0.1) is 0 Å². The van der Waals surface area contributed by atoms with Gasteiger partial charge in [-0.05, 0) is 17.7 Å². The van der Waals surface area contributed by atoms with Gasteiger partial charge in [0, 0.05) is 0 Å². The molecule has 0 amide bonds. The van der Waals surface area contributed by atoms with Crippen molar-refractivity contribution in [1.29, 1.82) is 0 Å². The molecule has 128 valence electrons. The Morgan fingerprint density at radius 1 is 1.04 bits per heavy atom. The summed E-state index contributed by atoms with van der Waals surface area (Å²) in [6.45, 7) is 0. The Labute approximate surface area is 143 Å². The third-order valence-corrected chi connectivity index (χ3v) is 6.37. The van der Waals surface area contributed by atoms with Gasteiger partial charge in [-0.2, -0.15) is 0 Å². The van der Waals surface area contributed by atoms with Crippen molar-refractivity contribution in [2.75, 3.05) is 0 Å². The minimum Gasteiger partial charge on any atom is -0.478 e. The monoisotopic (exact) mass is 389 g/mol. The lowest BCUT2D eigenvalue weighted by Crippen LogP contribution is -2.16. The summed E-state index contributed by atoms with van der Waals surface area (Å²) in [4.78, 5) is 9.80. The maximum absolute atomic E-state index is 12.6. The number of carboxylic acids is 1. The molecule has 0 unspecified atom stereocenters. The third kappa shape index (κ3) is 3.93. The van der Waals surface area contributed by atoms with Gasteiger partial charge in [0.1, 0.15) is 4.90 Å². The fourth-order valence-electron chi connectivity index (χ4n) is 2.00. The highest BCUT2D eigenvalue weighted by molar-refractivity contribution is 7.91. The molecule has 0 saturated carbocycles. The van der Waals surface area contributed by atoms with E-state index < -0.39 is 52.0 Å². The summed E-state index contributed by atoms with van der Waals surface area (Å²) >= 11 is 5.89. The van der Waals surface area contributed by atoms with Crippen LogP contribution in [0.3, 0.4) is 0 Å². The Morgan fingerprint density at radius 2 is 1.58 bits per heavy atom. The molecule has 24 heavy (non-hydrogen) atoms. The molecule has 2 aromatic rings. The Morgan fingerprint density at radius 3 is 2.08 bits per heavy atom. The van der Waals surface area contributed by atoms with Crippen LogP contribution in [0.5, 0.6) is 0 Å². The smallest absolute Gasteiger partial charge is 0.335 e. The maximum Gasteiger partial charge on any atom is 0.335 e. The normalized spacial score (nSPS) is 12.1. The molecule has 0 aliphatic rings. The molecule has 0 fully saturated rings. The molecule has 7 nitrogen and oxygen atoms in total. The van der Waals surface area contributed by atoms with Crippen LogP contribution in [-0.4, -0.2) is 27.9 Å². The number of rotatable bonds is 5. The zero-order chi connectivity index (χ0) is 18.1. The van der Waals surface area contributed by atoms with Crippen molar-refractivity contribution in [2.24, 2.45) is 5.14 Å². The van der Waals surface area contributed by atoms with Crippen molar-refractivity contribution >= 4 is 37.4 Å². The largest absolute Gasteiger partial charge is 0.478 e. The van der Waals surface area contributed by atoms with Gasteiger partial charge >= 0.3 is 5.97 Å². The Kier molecular flexibility index (Phi) is 5.00. The van der Waals surface area contributed by atoms with E-state index in [9.17, 15) is 21.6 Å². The topological polar surface area (TPSA) is 132 Å². The van der Waals surface area contributed by atoms with E-state index in [2.05, 4.69) is 0 Å². The fraction of sp³-hybridized carbons (Fsp3) is 0.0714. The van der Waals surface area contributed by atoms with Crippen molar-refractivity contribution in [2.45, 2.75) is 15.5 Å². The molecule has 10 heteroatoms. The second-order valence-electron chi connectivity index (χ2n) is 4.88. The van der Waals surface area contributed by atoms with Crippen molar-refractivity contribution in [3.05, 3.63) is 58.6 Å². The van der Waals surface area contributed by atoms with Crippen molar-refractivity contribution in [1.82, 2.24) is 0 Å². The number of primary sulfonamides is 1. The number of aromatic carboxylic acids is 1. The number of hydrogen-bond donors (Lipinski definition) is 2. The summed E-state index contributed by atoms with van der Waals surface area (Å²) in [6.07, 6.45) is 0. The molecular formula is C14H12ClNO6S2. The first kappa shape index (κ1) is 18.4. The van der Waals surface area contributed by atoms with Gasteiger partial charge in [-0.1, -0.05) is 41.9 Å². The third-order valence-electron chi connectivity index (χ3n) is 3.09. The number of carbonyl (C=O) groups is 1. The number of sulfone groups is 1. The summed E-state index contributed by atoms with van der Waals surface area (Å²) in [5, 5.41) is 13.4. The molecule has 2 aromatic carbocycles. The molecule has 3 N–H and O–H groups in total. The predicted molar refractivity (Wildman–Crippen MR) is 87.1 cm³/mol. The first-order chi connectivity index (χ1) is 11.0. The standard InChI is InChI=1S/C14H12ClNO6S2/c15-13-11(23(19,20)8-9-4-2-1-3-5-9)6-10(14(17)18)7-12(13)24(16,21)22/h1-7H,8H2,(H,17,18)(H2,16,21,22). The molecule has 0 radical (unpaired) electrons. The summed E-state index contributed by atoms with van der Waals surface area (Å²) in [7, 11) is -8.50. The maximum atomic E-state index is 12.6. The van der Waals surface area contributed by atoms with Crippen LogP contribution in [0.15, 0.2) is 52.3 Å². The average Bonchev–Trinajstić information content (AvgIpc) is 2.46. The number of sulfonamides is 1. The first-order valence-corrected chi connectivity index (χ1v) is 9.96. The lowest BCUT2D eigenvalue weighted by Gasteiger charge is -2.11. The molecule has 0 aliphatic carbocycles. The highest BCUT2D eigenvalue weighted by atomic mass is 35.5. The van der Waals surface area contributed by atoms with Gasteiger partial charge in [-0.3, -0.25) is 0 Å². The lowest BCUT2D eigenvalue weighted by molar-refractivity contribution is 0.0696. The predicted octanol–water partition coefficient (Wildman–Crippen LogP) is 1.66. The molecule has 0 bridgehead atoms. The van der Waals surface area contributed by atoms with Crippen LogP contribution in [0.2, 0.25) is 5.02 Å². The van der Waals surface area contributed by atoms with Gasteiger partial charge in [0.2, 0.25) is 10.0 Å². The number of carboxylic acid groups (broad SMARTS) is 1. The van der Waals surface area contributed by atoms with E-state index in [4.69, 9.17) is 21.8 Å². The number of hydrogen-bond acceptors (Lipinski definition) is 5. The molecule has 2 rings (SSSR count). The number of nitrogens with two attached hydrogens (primary N) is 1. The van der Waals surface area contributed by atoms with Crippen LogP contribution >= 0.6 is 11.6 Å². The van der Waals surface area contributed by atoms with Crippen LogP contribution < -0.4 is 5.14 Å². The van der Waals surface area contributed by atoms with Crippen molar-refractivity contribution < 1.29 is 26.7 Å². The van der Waals surface area contributed by atoms with Gasteiger partial charge in [0.15, 0.2) is 9.84 Å². The van der Waals surface area contributed by atoms with Crippen LogP contribution in [0.4, 0.5) is 0 Å². The number of halogens is 1. The number of benzene rings is 2. The second kappa shape index (κ2) is 6.52. The molecular weight excluding hydrogens is 378 g/mol. The van der Waals surface area contributed by atoms with Crippen LogP contribution in [0.1, 0.15) is 15.9 Å². The minimum absolute atomic E-state index is 0.437. The van der Waals surface area contributed by atoms with E-state index in [0.29, 0.717) is 5.56 Å². The van der Waals surface area contributed by atoms with E-state index >= 15 is 0 Å². The average molecular weight is 390 g/mol. The molecule has 0 aliphatic heterocycles. The fourth-order valence-corrected chi connectivity index (χ4v) is 4.98. The van der Waals surface area contributed by atoms with E-state index in [1.807, 2.05) is 0 Å². The van der Waals surface area contributed by atoms with Gasteiger partial charge in [0.05, 0.1) is 21.2 Å². The lowest BCUT2D eigenvalue weighted by atomic mass is 10.2. The minimum atomic E-state index is -4.40. The van der Waals surface area contributed by atoms with Crippen LogP contribution in [0.25, 0.3) is 0 Å². The van der Waals surface area contributed by atoms with Crippen molar-refractivity contribution in [3.63, 3.8) is 0 Å². The van der Waals surface area contributed by atoms with E-state index in [0.717, 1.165) is 12.1 Å². The second-order valence-corrected chi connectivity index (χ2v) is 8.75. The molecule has 0 heterocycles. The Hall–Kier alpha value is -1.94. The van der Waals surface area contributed by atoms with Gasteiger partial charge < -0.3 is 5.11 Å². The SMILES string of the molecule is NS(=O)(=O)c1cc(C(=O)O)cc(S(=O)(=O)Cc2ccccc2)c1Cl. The van der Waals surface area contributed by atoms with Gasteiger partial charge in [-0.25, -0.2) is 26.8 Å². The zero-order valence-corrected chi connectivity index (χ0v) is 14.4. The summed E-state index contributed by atoms with van der Waals surface area (Å²) in [5.41, 5.74) is -0.110. The Bertz CT molecular complexity index is 1000. The van der Waals surface area contributed by atoms with E-state index in [1.165, 1.54) is 0 Å². The summed E-state index contributed by atoms with van der Waals surface area (Å²) < 4.78 is 48.3. The first-order valence-electron chi connectivity index (χ1n) is 6.38.